The van der Waals surface area contributed by atoms with Crippen LogP contribution in [0.1, 0.15) is 25.0 Å². The molecule has 1 aliphatic heterocycles. The molecule has 1 aromatic carbocycles. The first kappa shape index (κ1) is 13.7. The van der Waals surface area contributed by atoms with Crippen LogP contribution in [0.15, 0.2) is 18.2 Å². The fraction of sp³-hybridized carbons (Fsp3) is 0.600. The first-order valence-electron chi connectivity index (χ1n) is 6.56. The van der Waals surface area contributed by atoms with E-state index in [1.807, 2.05) is 0 Å². The summed E-state index contributed by atoms with van der Waals surface area (Å²) >= 11 is 5.88. The van der Waals surface area contributed by atoms with Gasteiger partial charge in [-0.25, -0.2) is 0 Å². The molecule has 3 heteroatoms. The topological polar surface area (TPSA) is 6.48 Å². The van der Waals surface area contributed by atoms with Crippen LogP contribution in [0, 0.1) is 6.92 Å². The Hall–Kier alpha value is -0.730. The van der Waals surface area contributed by atoms with Gasteiger partial charge in [0, 0.05) is 36.7 Å². The van der Waals surface area contributed by atoms with Crippen LogP contribution in [-0.2, 0) is 5.88 Å². The average Bonchev–Trinajstić information content (AvgIpc) is 2.32. The molecule has 0 aromatic heterocycles. The van der Waals surface area contributed by atoms with Gasteiger partial charge in [-0.1, -0.05) is 12.1 Å². The van der Waals surface area contributed by atoms with E-state index in [-0.39, 0.29) is 5.54 Å². The lowest BCUT2D eigenvalue weighted by Crippen LogP contribution is -2.57. The molecule has 18 heavy (non-hydrogen) atoms. The molecule has 0 amide bonds. The fourth-order valence-electron chi connectivity index (χ4n) is 2.60. The molecule has 1 fully saturated rings. The summed E-state index contributed by atoms with van der Waals surface area (Å²) in [7, 11) is 2.21. The molecule has 1 aliphatic rings. The molecule has 0 N–H and O–H groups in total. The highest BCUT2D eigenvalue weighted by molar-refractivity contribution is 6.17. The maximum atomic E-state index is 5.88. The Bertz CT molecular complexity index is 429. The van der Waals surface area contributed by atoms with E-state index in [4.69, 9.17) is 11.6 Å². The summed E-state index contributed by atoms with van der Waals surface area (Å²) in [5.74, 6) is 0.593. The number of halogens is 1. The van der Waals surface area contributed by atoms with Crippen molar-refractivity contribution in [2.45, 2.75) is 32.2 Å². The Labute approximate surface area is 116 Å². The molecule has 0 radical (unpaired) electrons. The maximum absolute atomic E-state index is 5.88. The van der Waals surface area contributed by atoms with E-state index in [1.165, 1.54) is 16.8 Å². The highest BCUT2D eigenvalue weighted by atomic mass is 35.5. The van der Waals surface area contributed by atoms with Crippen molar-refractivity contribution in [1.29, 1.82) is 0 Å². The number of alkyl halides is 1. The highest BCUT2D eigenvalue weighted by Crippen LogP contribution is 2.27. The first-order chi connectivity index (χ1) is 8.44. The molecule has 1 saturated heterocycles. The zero-order chi connectivity index (χ0) is 13.3. The van der Waals surface area contributed by atoms with E-state index in [2.05, 4.69) is 55.8 Å². The van der Waals surface area contributed by atoms with Crippen molar-refractivity contribution < 1.29 is 0 Å². The first-order valence-corrected chi connectivity index (χ1v) is 7.09. The molecule has 1 heterocycles. The Morgan fingerprint density at radius 1 is 1.28 bits per heavy atom. The van der Waals surface area contributed by atoms with Gasteiger partial charge in [-0.2, -0.15) is 0 Å². The van der Waals surface area contributed by atoms with E-state index in [0.29, 0.717) is 5.88 Å². The molecule has 2 nitrogen and oxygen atoms in total. The predicted molar refractivity (Wildman–Crippen MR) is 79.7 cm³/mol. The third-order valence-corrected chi connectivity index (χ3v) is 4.38. The highest BCUT2D eigenvalue weighted by Gasteiger charge is 2.31. The second-order valence-electron chi connectivity index (χ2n) is 5.91. The standard InChI is InChI=1S/C15H23ClN2/c1-12-9-13(10-16)5-6-14(12)18-8-7-17(4)15(2,3)11-18/h5-6,9H,7-8,10-11H2,1-4H3. The molecular weight excluding hydrogens is 244 g/mol. The molecular formula is C15H23ClN2. The van der Waals surface area contributed by atoms with Gasteiger partial charge in [0.1, 0.15) is 0 Å². The van der Waals surface area contributed by atoms with E-state index >= 15 is 0 Å². The molecule has 0 aliphatic carbocycles. The second kappa shape index (κ2) is 5.10. The zero-order valence-electron chi connectivity index (χ0n) is 11.8. The average molecular weight is 267 g/mol. The number of hydrogen-bond donors (Lipinski definition) is 0. The molecule has 0 bridgehead atoms. The summed E-state index contributed by atoms with van der Waals surface area (Å²) in [5.41, 5.74) is 4.11. The van der Waals surface area contributed by atoms with Crippen molar-refractivity contribution in [3.8, 4) is 0 Å². The summed E-state index contributed by atoms with van der Waals surface area (Å²) in [6.45, 7) is 10.1. The van der Waals surface area contributed by atoms with Gasteiger partial charge in [0.15, 0.2) is 0 Å². The van der Waals surface area contributed by atoms with Crippen LogP contribution in [0.3, 0.4) is 0 Å². The Morgan fingerprint density at radius 3 is 2.56 bits per heavy atom. The third-order valence-electron chi connectivity index (χ3n) is 4.07. The molecule has 2 rings (SSSR count). The summed E-state index contributed by atoms with van der Waals surface area (Å²) in [4.78, 5) is 4.93. The van der Waals surface area contributed by atoms with Gasteiger partial charge in [0.2, 0.25) is 0 Å². The normalized spacial score (nSPS) is 20.2. The van der Waals surface area contributed by atoms with Crippen LogP contribution in [-0.4, -0.2) is 37.1 Å². The van der Waals surface area contributed by atoms with Crippen LogP contribution < -0.4 is 4.90 Å². The quantitative estimate of drug-likeness (QED) is 0.758. The predicted octanol–water partition coefficient (Wildman–Crippen LogP) is 3.26. The largest absolute Gasteiger partial charge is 0.368 e. The molecule has 0 spiro atoms. The van der Waals surface area contributed by atoms with Crippen LogP contribution >= 0.6 is 11.6 Å². The second-order valence-corrected chi connectivity index (χ2v) is 6.18. The number of hydrogen-bond acceptors (Lipinski definition) is 2. The van der Waals surface area contributed by atoms with E-state index in [0.717, 1.165) is 19.6 Å². The van der Waals surface area contributed by atoms with Crippen LogP contribution in [0.4, 0.5) is 5.69 Å². The number of anilines is 1. The number of nitrogens with zero attached hydrogens (tertiary/aromatic N) is 2. The lowest BCUT2D eigenvalue weighted by atomic mass is 9.98. The Kier molecular flexibility index (Phi) is 3.88. The van der Waals surface area contributed by atoms with Gasteiger partial charge >= 0.3 is 0 Å². The fourth-order valence-corrected chi connectivity index (χ4v) is 2.77. The minimum atomic E-state index is 0.232. The van der Waals surface area contributed by atoms with Gasteiger partial charge in [0.05, 0.1) is 0 Å². The number of likely N-dealkylation sites (N-methyl/N-ethyl adjacent to an activating group) is 1. The molecule has 100 valence electrons. The monoisotopic (exact) mass is 266 g/mol. The van der Waals surface area contributed by atoms with Crippen molar-refractivity contribution in [3.63, 3.8) is 0 Å². The van der Waals surface area contributed by atoms with E-state index < -0.39 is 0 Å². The van der Waals surface area contributed by atoms with Gasteiger partial charge in [-0.15, -0.1) is 11.6 Å². The van der Waals surface area contributed by atoms with Crippen molar-refractivity contribution in [3.05, 3.63) is 29.3 Å². The summed E-state index contributed by atoms with van der Waals surface area (Å²) in [5, 5.41) is 0. The van der Waals surface area contributed by atoms with Crippen molar-refractivity contribution in [2.24, 2.45) is 0 Å². The number of rotatable bonds is 2. The molecule has 0 unspecified atom stereocenters. The Balaban J connectivity index is 2.22. The lowest BCUT2D eigenvalue weighted by Gasteiger charge is -2.46. The van der Waals surface area contributed by atoms with Gasteiger partial charge in [-0.05, 0) is 45.0 Å². The van der Waals surface area contributed by atoms with Crippen LogP contribution in [0.2, 0.25) is 0 Å². The summed E-state index contributed by atoms with van der Waals surface area (Å²) in [6, 6.07) is 6.56. The Morgan fingerprint density at radius 2 is 2.00 bits per heavy atom. The van der Waals surface area contributed by atoms with E-state index in [1.54, 1.807) is 0 Å². The van der Waals surface area contributed by atoms with Crippen LogP contribution in [0.25, 0.3) is 0 Å². The third kappa shape index (κ3) is 2.65. The number of benzene rings is 1. The van der Waals surface area contributed by atoms with Crippen molar-refractivity contribution in [2.75, 3.05) is 31.6 Å². The lowest BCUT2D eigenvalue weighted by molar-refractivity contribution is 0.139. The minimum Gasteiger partial charge on any atom is -0.368 e. The molecule has 0 saturated carbocycles. The number of piperazine rings is 1. The van der Waals surface area contributed by atoms with Gasteiger partial charge in [-0.3, -0.25) is 4.90 Å². The SMILES string of the molecule is Cc1cc(CCl)ccc1N1CCN(C)C(C)(C)C1. The maximum Gasteiger partial charge on any atom is 0.0474 e. The smallest absolute Gasteiger partial charge is 0.0474 e. The van der Waals surface area contributed by atoms with Crippen LogP contribution in [0.5, 0.6) is 0 Å². The van der Waals surface area contributed by atoms with Crippen molar-refractivity contribution in [1.82, 2.24) is 4.90 Å². The summed E-state index contributed by atoms with van der Waals surface area (Å²) in [6.07, 6.45) is 0. The molecule has 1 aromatic rings. The van der Waals surface area contributed by atoms with Gasteiger partial charge in [0.25, 0.3) is 0 Å². The zero-order valence-corrected chi connectivity index (χ0v) is 12.6. The van der Waals surface area contributed by atoms with E-state index in [9.17, 15) is 0 Å². The number of aryl methyl sites for hydroxylation is 1. The van der Waals surface area contributed by atoms with Crippen molar-refractivity contribution >= 4 is 17.3 Å². The minimum absolute atomic E-state index is 0.232. The van der Waals surface area contributed by atoms with Gasteiger partial charge < -0.3 is 4.90 Å². The molecule has 0 atom stereocenters. The summed E-state index contributed by atoms with van der Waals surface area (Å²) < 4.78 is 0.